The van der Waals surface area contributed by atoms with Crippen molar-refractivity contribution in [2.24, 2.45) is 5.41 Å². The Morgan fingerprint density at radius 3 is 2.76 bits per heavy atom. The van der Waals surface area contributed by atoms with Crippen molar-refractivity contribution < 1.29 is 0 Å². The predicted octanol–water partition coefficient (Wildman–Crippen LogP) is 3.99. The number of hydrogen-bond donors (Lipinski definition) is 1. The van der Waals surface area contributed by atoms with Crippen molar-refractivity contribution in [2.45, 2.75) is 39.0 Å². The molecule has 0 unspecified atom stereocenters. The Bertz CT molecular complexity index is 359. The maximum absolute atomic E-state index is 6.19. The third-order valence-electron chi connectivity index (χ3n) is 3.87. The average Bonchev–Trinajstić information content (AvgIpc) is 2.39. The maximum Gasteiger partial charge on any atom is 0.0400 e. The number of halogens is 1. The van der Waals surface area contributed by atoms with E-state index in [2.05, 4.69) is 17.2 Å². The van der Waals surface area contributed by atoms with E-state index in [0.29, 0.717) is 5.41 Å². The highest BCUT2D eigenvalue weighted by Gasteiger charge is 2.30. The van der Waals surface area contributed by atoms with E-state index in [-0.39, 0.29) is 0 Å². The van der Waals surface area contributed by atoms with Gasteiger partial charge >= 0.3 is 0 Å². The van der Waals surface area contributed by atoms with E-state index in [4.69, 9.17) is 11.6 Å². The van der Waals surface area contributed by atoms with E-state index in [9.17, 15) is 0 Å². The van der Waals surface area contributed by atoms with Crippen molar-refractivity contribution >= 4 is 17.3 Å². The second-order valence-electron chi connectivity index (χ2n) is 5.24. The van der Waals surface area contributed by atoms with Crippen molar-refractivity contribution in [1.29, 1.82) is 0 Å². The molecule has 3 heteroatoms. The van der Waals surface area contributed by atoms with Crippen LogP contribution >= 0.6 is 11.6 Å². The van der Waals surface area contributed by atoms with Crippen LogP contribution in [0.4, 0.5) is 5.69 Å². The minimum absolute atomic E-state index is 0.301. The maximum atomic E-state index is 6.19. The summed E-state index contributed by atoms with van der Waals surface area (Å²) in [6.07, 6.45) is 10.3. The van der Waals surface area contributed by atoms with Gasteiger partial charge in [0.15, 0.2) is 0 Å². The summed E-state index contributed by atoms with van der Waals surface area (Å²) in [5, 5.41) is 3.55. The molecule has 2 rings (SSSR count). The van der Waals surface area contributed by atoms with Crippen LogP contribution in [0.5, 0.6) is 0 Å². The Morgan fingerprint density at radius 1 is 1.35 bits per heavy atom. The SMILES string of the molecule is Cc1cnccc1NCC1(CCl)CCCCC1. The van der Waals surface area contributed by atoms with Crippen LogP contribution in [0, 0.1) is 12.3 Å². The Labute approximate surface area is 109 Å². The molecule has 1 fully saturated rings. The molecule has 1 N–H and O–H groups in total. The van der Waals surface area contributed by atoms with Gasteiger partial charge in [-0.1, -0.05) is 19.3 Å². The summed E-state index contributed by atoms with van der Waals surface area (Å²) in [4.78, 5) is 4.11. The summed E-state index contributed by atoms with van der Waals surface area (Å²) in [6, 6.07) is 2.04. The fourth-order valence-corrected chi connectivity index (χ4v) is 2.98. The minimum Gasteiger partial charge on any atom is -0.384 e. The Kier molecular flexibility index (Phi) is 4.27. The number of pyridine rings is 1. The van der Waals surface area contributed by atoms with Crippen molar-refractivity contribution in [2.75, 3.05) is 17.7 Å². The van der Waals surface area contributed by atoms with Gasteiger partial charge in [-0.05, 0) is 31.4 Å². The van der Waals surface area contributed by atoms with Gasteiger partial charge in [-0.3, -0.25) is 4.98 Å². The fourth-order valence-electron chi connectivity index (χ4n) is 2.61. The topological polar surface area (TPSA) is 24.9 Å². The number of hydrogen-bond acceptors (Lipinski definition) is 2. The molecule has 1 aliphatic carbocycles. The van der Waals surface area contributed by atoms with Crippen LogP contribution in [0.1, 0.15) is 37.7 Å². The largest absolute Gasteiger partial charge is 0.384 e. The van der Waals surface area contributed by atoms with Crippen molar-refractivity contribution in [3.63, 3.8) is 0 Å². The lowest BCUT2D eigenvalue weighted by atomic mass is 9.75. The van der Waals surface area contributed by atoms with Crippen LogP contribution in [-0.4, -0.2) is 17.4 Å². The molecule has 0 saturated heterocycles. The standard InChI is InChI=1S/C14H21ClN2/c1-12-9-16-8-5-13(12)17-11-14(10-15)6-3-2-4-7-14/h5,8-9H,2-4,6-7,10-11H2,1H3,(H,16,17). The Morgan fingerprint density at radius 2 is 2.12 bits per heavy atom. The van der Waals surface area contributed by atoms with E-state index in [1.54, 1.807) is 0 Å². The van der Waals surface area contributed by atoms with Crippen LogP contribution in [0.25, 0.3) is 0 Å². The molecule has 0 bridgehead atoms. The molecule has 1 saturated carbocycles. The second-order valence-corrected chi connectivity index (χ2v) is 5.51. The van der Waals surface area contributed by atoms with Gasteiger partial charge in [0.05, 0.1) is 0 Å². The lowest BCUT2D eigenvalue weighted by Gasteiger charge is -2.36. The number of aromatic nitrogens is 1. The molecule has 0 atom stereocenters. The lowest BCUT2D eigenvalue weighted by Crippen LogP contribution is -2.34. The van der Waals surface area contributed by atoms with E-state index in [0.717, 1.165) is 12.4 Å². The van der Waals surface area contributed by atoms with Crippen molar-refractivity contribution in [3.05, 3.63) is 24.0 Å². The zero-order valence-corrected chi connectivity index (χ0v) is 11.3. The van der Waals surface area contributed by atoms with E-state index in [1.165, 1.54) is 43.4 Å². The van der Waals surface area contributed by atoms with Gasteiger partial charge < -0.3 is 5.32 Å². The van der Waals surface area contributed by atoms with Crippen LogP contribution < -0.4 is 5.32 Å². The van der Waals surface area contributed by atoms with E-state index >= 15 is 0 Å². The monoisotopic (exact) mass is 252 g/mol. The number of alkyl halides is 1. The van der Waals surface area contributed by atoms with Gasteiger partial charge in [-0.15, -0.1) is 11.6 Å². The molecule has 0 amide bonds. The lowest BCUT2D eigenvalue weighted by molar-refractivity contribution is 0.238. The molecular formula is C14H21ClN2. The highest BCUT2D eigenvalue weighted by molar-refractivity contribution is 6.18. The third kappa shape index (κ3) is 3.12. The first-order chi connectivity index (χ1) is 8.26. The van der Waals surface area contributed by atoms with Gasteiger partial charge in [-0.25, -0.2) is 0 Å². The molecule has 1 aliphatic rings. The summed E-state index contributed by atoms with van der Waals surface area (Å²) in [6.45, 7) is 3.07. The molecule has 1 aromatic heterocycles. The van der Waals surface area contributed by atoms with Crippen LogP contribution in [0.3, 0.4) is 0 Å². The van der Waals surface area contributed by atoms with E-state index < -0.39 is 0 Å². The highest BCUT2D eigenvalue weighted by atomic mass is 35.5. The zero-order chi connectivity index (χ0) is 12.1. The van der Waals surface area contributed by atoms with Gasteiger partial charge in [0.25, 0.3) is 0 Å². The normalized spacial score (nSPS) is 18.9. The molecule has 0 radical (unpaired) electrons. The molecule has 0 spiro atoms. The molecule has 0 aliphatic heterocycles. The van der Waals surface area contributed by atoms with Gasteiger partial charge in [-0.2, -0.15) is 0 Å². The molecule has 17 heavy (non-hydrogen) atoms. The van der Waals surface area contributed by atoms with Crippen LogP contribution in [0.15, 0.2) is 18.5 Å². The first kappa shape index (κ1) is 12.7. The summed E-state index contributed by atoms with van der Waals surface area (Å²) >= 11 is 6.19. The first-order valence-electron chi connectivity index (χ1n) is 6.46. The van der Waals surface area contributed by atoms with Gasteiger partial charge in [0.2, 0.25) is 0 Å². The average molecular weight is 253 g/mol. The number of rotatable bonds is 4. The van der Waals surface area contributed by atoms with Crippen molar-refractivity contribution in [1.82, 2.24) is 4.98 Å². The molecule has 1 aromatic rings. The Hall–Kier alpha value is -0.760. The summed E-state index contributed by atoms with van der Waals surface area (Å²) in [5.74, 6) is 0.768. The second kappa shape index (κ2) is 5.72. The smallest absolute Gasteiger partial charge is 0.0400 e. The molecular weight excluding hydrogens is 232 g/mol. The first-order valence-corrected chi connectivity index (χ1v) is 7.00. The zero-order valence-electron chi connectivity index (χ0n) is 10.5. The fraction of sp³-hybridized carbons (Fsp3) is 0.643. The van der Waals surface area contributed by atoms with Gasteiger partial charge in [0, 0.05) is 35.9 Å². The highest BCUT2D eigenvalue weighted by Crippen LogP contribution is 2.37. The van der Waals surface area contributed by atoms with Gasteiger partial charge in [0.1, 0.15) is 0 Å². The molecule has 1 heterocycles. The van der Waals surface area contributed by atoms with E-state index in [1.807, 2.05) is 18.5 Å². The number of nitrogens with zero attached hydrogens (tertiary/aromatic N) is 1. The van der Waals surface area contributed by atoms with Crippen molar-refractivity contribution in [3.8, 4) is 0 Å². The summed E-state index contributed by atoms with van der Waals surface area (Å²) in [5.41, 5.74) is 2.69. The number of aryl methyl sites for hydroxylation is 1. The third-order valence-corrected chi connectivity index (χ3v) is 4.44. The molecule has 0 aromatic carbocycles. The number of nitrogens with one attached hydrogen (secondary N) is 1. The predicted molar refractivity (Wildman–Crippen MR) is 73.7 cm³/mol. The van der Waals surface area contributed by atoms with Crippen LogP contribution in [-0.2, 0) is 0 Å². The minimum atomic E-state index is 0.301. The Balaban J connectivity index is 1.98. The molecule has 94 valence electrons. The molecule has 2 nitrogen and oxygen atoms in total. The number of anilines is 1. The van der Waals surface area contributed by atoms with Crippen LogP contribution in [0.2, 0.25) is 0 Å². The summed E-state index contributed by atoms with van der Waals surface area (Å²) < 4.78 is 0. The quantitative estimate of drug-likeness (QED) is 0.820. The summed E-state index contributed by atoms with van der Waals surface area (Å²) in [7, 11) is 0.